The Balaban J connectivity index is 2.73. The highest BCUT2D eigenvalue weighted by Gasteiger charge is 2.38. The summed E-state index contributed by atoms with van der Waals surface area (Å²) in [5.74, 6) is 0.723. The van der Waals surface area contributed by atoms with Crippen LogP contribution in [0.25, 0.3) is 0 Å². The Labute approximate surface area is 108 Å². The highest BCUT2D eigenvalue weighted by Crippen LogP contribution is 2.33. The van der Waals surface area contributed by atoms with E-state index in [4.69, 9.17) is 5.73 Å². The first-order valence-corrected chi connectivity index (χ1v) is 6.88. The minimum absolute atomic E-state index is 0.000301. The lowest BCUT2D eigenvalue weighted by Gasteiger charge is -2.42. The lowest BCUT2D eigenvalue weighted by atomic mass is 9.78. The highest BCUT2D eigenvalue weighted by atomic mass is 19.4. The molecule has 0 bridgehead atoms. The van der Waals surface area contributed by atoms with Crippen molar-refractivity contribution in [3.8, 4) is 0 Å². The van der Waals surface area contributed by atoms with Gasteiger partial charge in [-0.15, -0.1) is 0 Å². The van der Waals surface area contributed by atoms with Gasteiger partial charge in [0.15, 0.2) is 0 Å². The number of alkyl halides is 3. The van der Waals surface area contributed by atoms with Gasteiger partial charge in [0.1, 0.15) is 0 Å². The van der Waals surface area contributed by atoms with Crippen molar-refractivity contribution in [2.24, 2.45) is 17.6 Å². The normalized spacial score (nSPS) is 29.8. The van der Waals surface area contributed by atoms with Gasteiger partial charge in [0, 0.05) is 6.04 Å². The van der Waals surface area contributed by atoms with E-state index in [1.54, 1.807) is 4.90 Å². The Kier molecular flexibility index (Phi) is 5.92. The van der Waals surface area contributed by atoms with Crippen LogP contribution in [-0.4, -0.2) is 36.8 Å². The van der Waals surface area contributed by atoms with E-state index in [1.807, 2.05) is 6.92 Å². The molecule has 0 spiro atoms. The molecule has 1 rings (SSSR count). The van der Waals surface area contributed by atoms with Gasteiger partial charge in [-0.1, -0.05) is 20.3 Å². The highest BCUT2D eigenvalue weighted by molar-refractivity contribution is 4.87. The summed E-state index contributed by atoms with van der Waals surface area (Å²) in [5, 5.41) is 0. The van der Waals surface area contributed by atoms with E-state index in [-0.39, 0.29) is 12.0 Å². The van der Waals surface area contributed by atoms with Gasteiger partial charge in [0.2, 0.25) is 0 Å². The Morgan fingerprint density at radius 1 is 1.28 bits per heavy atom. The summed E-state index contributed by atoms with van der Waals surface area (Å²) >= 11 is 0. The van der Waals surface area contributed by atoms with Crippen LogP contribution in [0.5, 0.6) is 0 Å². The molecule has 0 amide bonds. The molecule has 2 N–H and O–H groups in total. The predicted octanol–water partition coefficient (Wildman–Crippen LogP) is 3.02. The maximum Gasteiger partial charge on any atom is 0.401 e. The lowest BCUT2D eigenvalue weighted by molar-refractivity contribution is -0.155. The molecule has 1 saturated carbocycles. The topological polar surface area (TPSA) is 29.3 Å². The molecule has 0 aliphatic heterocycles. The fourth-order valence-electron chi connectivity index (χ4n) is 3.02. The zero-order valence-corrected chi connectivity index (χ0v) is 11.3. The molecule has 18 heavy (non-hydrogen) atoms. The Morgan fingerprint density at radius 2 is 1.94 bits per heavy atom. The van der Waals surface area contributed by atoms with Gasteiger partial charge < -0.3 is 5.73 Å². The van der Waals surface area contributed by atoms with Crippen molar-refractivity contribution in [2.75, 3.05) is 19.6 Å². The van der Waals surface area contributed by atoms with Crippen LogP contribution in [0.3, 0.4) is 0 Å². The fraction of sp³-hybridized carbons (Fsp3) is 1.00. The van der Waals surface area contributed by atoms with Crippen molar-refractivity contribution in [1.29, 1.82) is 0 Å². The van der Waals surface area contributed by atoms with Crippen LogP contribution >= 0.6 is 0 Å². The summed E-state index contributed by atoms with van der Waals surface area (Å²) in [6.45, 7) is 4.25. The minimum atomic E-state index is -4.12. The summed E-state index contributed by atoms with van der Waals surface area (Å²) in [7, 11) is 0. The second-order valence-electron chi connectivity index (χ2n) is 5.57. The molecule has 1 aliphatic rings. The van der Waals surface area contributed by atoms with Crippen LogP contribution in [-0.2, 0) is 0 Å². The molecule has 0 aromatic carbocycles. The van der Waals surface area contributed by atoms with Crippen LogP contribution in [0.2, 0.25) is 0 Å². The first-order chi connectivity index (χ1) is 8.37. The monoisotopic (exact) mass is 266 g/mol. The van der Waals surface area contributed by atoms with E-state index in [0.717, 1.165) is 25.7 Å². The third-order valence-corrected chi connectivity index (χ3v) is 3.88. The number of nitrogens with two attached hydrogens (primary N) is 1. The average Bonchev–Trinajstić information content (AvgIpc) is 2.26. The van der Waals surface area contributed by atoms with Gasteiger partial charge in [0.05, 0.1) is 6.54 Å². The van der Waals surface area contributed by atoms with E-state index in [9.17, 15) is 13.2 Å². The standard InChI is InChI=1S/C13H25F3N2/c1-3-6-18(9-13(14,15)16)12-7-10(2)4-5-11(12)8-17/h10-12H,3-9,17H2,1-2H3. The van der Waals surface area contributed by atoms with Gasteiger partial charge >= 0.3 is 6.18 Å². The van der Waals surface area contributed by atoms with Crippen LogP contribution < -0.4 is 5.73 Å². The Bertz CT molecular complexity index is 243. The molecular weight excluding hydrogens is 241 g/mol. The van der Waals surface area contributed by atoms with Crippen molar-refractivity contribution >= 4 is 0 Å². The molecule has 2 nitrogen and oxygen atoms in total. The van der Waals surface area contributed by atoms with Crippen LogP contribution in [0.15, 0.2) is 0 Å². The molecule has 0 heterocycles. The van der Waals surface area contributed by atoms with Gasteiger partial charge in [-0.25, -0.2) is 0 Å². The van der Waals surface area contributed by atoms with Gasteiger partial charge in [0.25, 0.3) is 0 Å². The zero-order valence-electron chi connectivity index (χ0n) is 11.3. The molecule has 0 aromatic rings. The molecule has 3 unspecified atom stereocenters. The maximum atomic E-state index is 12.6. The molecule has 3 atom stereocenters. The van der Waals surface area contributed by atoms with Gasteiger partial charge in [-0.2, -0.15) is 13.2 Å². The van der Waals surface area contributed by atoms with Crippen molar-refractivity contribution in [1.82, 2.24) is 4.90 Å². The third-order valence-electron chi connectivity index (χ3n) is 3.88. The second kappa shape index (κ2) is 6.75. The molecule has 5 heteroatoms. The van der Waals surface area contributed by atoms with Crippen molar-refractivity contribution in [3.05, 3.63) is 0 Å². The molecule has 0 saturated heterocycles. The fourth-order valence-corrected chi connectivity index (χ4v) is 3.02. The summed E-state index contributed by atoms with van der Waals surface area (Å²) in [5.41, 5.74) is 5.73. The molecule has 0 aromatic heterocycles. The predicted molar refractivity (Wildman–Crippen MR) is 67.3 cm³/mol. The van der Waals surface area contributed by atoms with E-state index in [0.29, 0.717) is 19.0 Å². The second-order valence-corrected chi connectivity index (χ2v) is 5.57. The quantitative estimate of drug-likeness (QED) is 0.828. The summed E-state index contributed by atoms with van der Waals surface area (Å²) in [6.07, 6.45) is -0.476. The molecule has 1 fully saturated rings. The van der Waals surface area contributed by atoms with E-state index in [1.165, 1.54) is 0 Å². The van der Waals surface area contributed by atoms with Crippen molar-refractivity contribution in [3.63, 3.8) is 0 Å². The summed E-state index contributed by atoms with van der Waals surface area (Å²) < 4.78 is 37.9. The number of hydrogen-bond acceptors (Lipinski definition) is 2. The van der Waals surface area contributed by atoms with Crippen LogP contribution in [0.1, 0.15) is 39.5 Å². The number of hydrogen-bond donors (Lipinski definition) is 1. The third kappa shape index (κ3) is 4.76. The first kappa shape index (κ1) is 15.8. The number of rotatable bonds is 5. The lowest BCUT2D eigenvalue weighted by Crippen LogP contribution is -2.50. The van der Waals surface area contributed by atoms with E-state index in [2.05, 4.69) is 6.92 Å². The molecule has 108 valence electrons. The van der Waals surface area contributed by atoms with Crippen molar-refractivity contribution < 1.29 is 13.2 Å². The maximum absolute atomic E-state index is 12.6. The Hall–Kier alpha value is -0.290. The molecule has 0 radical (unpaired) electrons. The largest absolute Gasteiger partial charge is 0.401 e. The number of nitrogens with zero attached hydrogens (tertiary/aromatic N) is 1. The van der Waals surface area contributed by atoms with E-state index < -0.39 is 12.7 Å². The van der Waals surface area contributed by atoms with Gasteiger partial charge in [-0.3, -0.25) is 4.90 Å². The van der Waals surface area contributed by atoms with Crippen molar-refractivity contribution in [2.45, 2.75) is 51.7 Å². The first-order valence-electron chi connectivity index (χ1n) is 6.88. The summed E-state index contributed by atoms with van der Waals surface area (Å²) in [4.78, 5) is 1.60. The van der Waals surface area contributed by atoms with Crippen LogP contribution in [0.4, 0.5) is 13.2 Å². The zero-order chi connectivity index (χ0) is 13.8. The SMILES string of the molecule is CCCN(CC(F)(F)F)C1CC(C)CCC1CN. The van der Waals surface area contributed by atoms with E-state index >= 15 is 0 Å². The molecular formula is C13H25F3N2. The summed E-state index contributed by atoms with van der Waals surface area (Å²) in [6, 6.07) is 0.000301. The van der Waals surface area contributed by atoms with Gasteiger partial charge in [-0.05, 0) is 44.2 Å². The minimum Gasteiger partial charge on any atom is -0.330 e. The van der Waals surface area contributed by atoms with Crippen LogP contribution in [0, 0.1) is 11.8 Å². The molecule has 1 aliphatic carbocycles. The Morgan fingerprint density at radius 3 is 2.44 bits per heavy atom. The number of halogens is 3. The average molecular weight is 266 g/mol. The smallest absolute Gasteiger partial charge is 0.330 e.